The van der Waals surface area contributed by atoms with E-state index in [1.165, 1.54) is 38.5 Å². The molecule has 0 saturated heterocycles. The maximum absolute atomic E-state index is 5.99. The molecule has 80 valence electrons. The zero-order valence-corrected chi connectivity index (χ0v) is 9.14. The Balaban J connectivity index is 1.55. The summed E-state index contributed by atoms with van der Waals surface area (Å²) in [5.74, 6) is 0. The number of nitrogens with one attached hydrogen (secondary N) is 1. The normalized spacial score (nSPS) is 42.2. The number of likely N-dealkylation sites (N-methyl/N-ethyl adjacent to an activating group) is 1. The molecule has 2 nitrogen and oxygen atoms in total. The van der Waals surface area contributed by atoms with Gasteiger partial charge in [-0.25, -0.2) is 0 Å². The maximum Gasteiger partial charge on any atom is 0.0637 e. The van der Waals surface area contributed by atoms with Crippen LogP contribution in [0.3, 0.4) is 0 Å². The number of ether oxygens (including phenoxy) is 1. The van der Waals surface area contributed by atoms with E-state index in [0.717, 1.165) is 18.6 Å². The van der Waals surface area contributed by atoms with Crippen LogP contribution in [-0.2, 0) is 4.74 Å². The van der Waals surface area contributed by atoms with Crippen molar-refractivity contribution in [2.45, 2.75) is 44.6 Å². The van der Waals surface area contributed by atoms with E-state index in [4.69, 9.17) is 4.74 Å². The minimum Gasteiger partial charge on any atom is -0.376 e. The Morgan fingerprint density at radius 3 is 2.43 bits per heavy atom. The van der Waals surface area contributed by atoms with Crippen LogP contribution < -0.4 is 5.32 Å². The van der Waals surface area contributed by atoms with Crippen molar-refractivity contribution in [1.82, 2.24) is 5.32 Å². The third-order valence-electron chi connectivity index (χ3n) is 5.10. The SMILES string of the molecule is CNCCO[C@@H]1CC[C@@]12CCC21CC1. The van der Waals surface area contributed by atoms with Crippen LogP contribution in [-0.4, -0.2) is 26.3 Å². The zero-order chi connectivity index (χ0) is 9.65. The van der Waals surface area contributed by atoms with Crippen molar-refractivity contribution in [3.8, 4) is 0 Å². The molecule has 0 aromatic carbocycles. The van der Waals surface area contributed by atoms with E-state index in [1.807, 2.05) is 7.05 Å². The van der Waals surface area contributed by atoms with E-state index >= 15 is 0 Å². The maximum atomic E-state index is 5.99. The summed E-state index contributed by atoms with van der Waals surface area (Å²) in [7, 11) is 1.99. The van der Waals surface area contributed by atoms with E-state index in [-0.39, 0.29) is 0 Å². The predicted molar refractivity (Wildman–Crippen MR) is 56.2 cm³/mol. The highest BCUT2D eigenvalue weighted by molar-refractivity contribution is 5.21. The largest absolute Gasteiger partial charge is 0.376 e. The highest BCUT2D eigenvalue weighted by Crippen LogP contribution is 2.78. The second-order valence-electron chi connectivity index (χ2n) is 5.44. The Hall–Kier alpha value is -0.0800. The van der Waals surface area contributed by atoms with Gasteiger partial charge in [0.25, 0.3) is 0 Å². The van der Waals surface area contributed by atoms with Crippen molar-refractivity contribution in [3.05, 3.63) is 0 Å². The lowest BCUT2D eigenvalue weighted by Crippen LogP contribution is -2.58. The third kappa shape index (κ3) is 0.989. The van der Waals surface area contributed by atoms with Gasteiger partial charge in [-0.1, -0.05) is 0 Å². The van der Waals surface area contributed by atoms with Crippen LogP contribution in [0.4, 0.5) is 0 Å². The van der Waals surface area contributed by atoms with Gasteiger partial charge in [0.05, 0.1) is 12.7 Å². The third-order valence-corrected chi connectivity index (χ3v) is 5.10. The molecule has 1 N–H and O–H groups in total. The van der Waals surface area contributed by atoms with Gasteiger partial charge >= 0.3 is 0 Å². The lowest BCUT2D eigenvalue weighted by molar-refractivity contribution is -0.199. The van der Waals surface area contributed by atoms with Crippen molar-refractivity contribution in [2.24, 2.45) is 10.8 Å². The first-order valence-corrected chi connectivity index (χ1v) is 6.09. The van der Waals surface area contributed by atoms with Gasteiger partial charge in [0.15, 0.2) is 0 Å². The van der Waals surface area contributed by atoms with E-state index in [1.54, 1.807) is 0 Å². The summed E-state index contributed by atoms with van der Waals surface area (Å²) in [6, 6.07) is 0. The van der Waals surface area contributed by atoms with Crippen LogP contribution in [0.2, 0.25) is 0 Å². The van der Waals surface area contributed by atoms with E-state index in [9.17, 15) is 0 Å². The van der Waals surface area contributed by atoms with Gasteiger partial charge in [0, 0.05) is 12.0 Å². The average Bonchev–Trinajstić information content (AvgIpc) is 2.90. The van der Waals surface area contributed by atoms with E-state index < -0.39 is 0 Å². The Bertz CT molecular complexity index is 232. The highest BCUT2D eigenvalue weighted by Gasteiger charge is 2.71. The van der Waals surface area contributed by atoms with Gasteiger partial charge in [-0.05, 0) is 51.0 Å². The topological polar surface area (TPSA) is 21.3 Å². The summed E-state index contributed by atoms with van der Waals surface area (Å²) in [4.78, 5) is 0. The first-order chi connectivity index (χ1) is 6.83. The Morgan fingerprint density at radius 1 is 1.21 bits per heavy atom. The number of hydrogen-bond donors (Lipinski definition) is 1. The quantitative estimate of drug-likeness (QED) is 0.692. The molecule has 2 heteroatoms. The Labute approximate surface area is 86.4 Å². The number of fused-ring (bicyclic) bond motifs is 1. The van der Waals surface area contributed by atoms with Gasteiger partial charge in [-0.2, -0.15) is 0 Å². The molecule has 3 aliphatic rings. The molecule has 3 saturated carbocycles. The van der Waals surface area contributed by atoms with Crippen LogP contribution >= 0.6 is 0 Å². The smallest absolute Gasteiger partial charge is 0.0637 e. The van der Waals surface area contributed by atoms with E-state index in [0.29, 0.717) is 11.5 Å². The van der Waals surface area contributed by atoms with Crippen LogP contribution in [0.15, 0.2) is 0 Å². The standard InChI is InChI=1S/C12H21NO/c1-13-8-9-14-10-2-3-12(10)7-6-11(12)4-5-11/h10,13H,2-9H2,1H3/t10-,12-/m1/s1. The highest BCUT2D eigenvalue weighted by atomic mass is 16.5. The number of rotatable bonds is 4. The van der Waals surface area contributed by atoms with Crippen LogP contribution in [0.25, 0.3) is 0 Å². The summed E-state index contributed by atoms with van der Waals surface area (Å²) >= 11 is 0. The molecule has 2 atom stereocenters. The minimum absolute atomic E-state index is 0.618. The first kappa shape index (κ1) is 9.17. The van der Waals surface area contributed by atoms with Gasteiger partial charge in [-0.15, -0.1) is 0 Å². The van der Waals surface area contributed by atoms with E-state index in [2.05, 4.69) is 5.32 Å². The van der Waals surface area contributed by atoms with Gasteiger partial charge in [-0.3, -0.25) is 0 Å². The predicted octanol–water partition coefficient (Wildman–Crippen LogP) is 1.95. The van der Waals surface area contributed by atoms with Crippen molar-refractivity contribution < 1.29 is 4.74 Å². The molecule has 0 bridgehead atoms. The molecule has 3 fully saturated rings. The monoisotopic (exact) mass is 195 g/mol. The summed E-state index contributed by atoms with van der Waals surface area (Å²) < 4.78 is 5.99. The lowest BCUT2D eigenvalue weighted by atomic mass is 9.46. The summed E-state index contributed by atoms with van der Waals surface area (Å²) in [5, 5.41) is 3.15. The van der Waals surface area contributed by atoms with Gasteiger partial charge in [0.1, 0.15) is 0 Å². The van der Waals surface area contributed by atoms with Gasteiger partial charge in [0.2, 0.25) is 0 Å². The van der Waals surface area contributed by atoms with Crippen molar-refractivity contribution in [1.29, 1.82) is 0 Å². The van der Waals surface area contributed by atoms with Crippen molar-refractivity contribution in [2.75, 3.05) is 20.2 Å². The van der Waals surface area contributed by atoms with Crippen molar-refractivity contribution in [3.63, 3.8) is 0 Å². The molecule has 0 radical (unpaired) electrons. The van der Waals surface area contributed by atoms with Crippen molar-refractivity contribution >= 4 is 0 Å². The van der Waals surface area contributed by atoms with Gasteiger partial charge < -0.3 is 10.1 Å². The Kier molecular flexibility index (Phi) is 1.94. The Morgan fingerprint density at radius 2 is 2.00 bits per heavy atom. The molecule has 2 spiro atoms. The molecule has 0 heterocycles. The summed E-state index contributed by atoms with van der Waals surface area (Å²) in [5.41, 5.74) is 1.45. The molecular formula is C12H21NO. The molecule has 3 rings (SSSR count). The molecule has 0 amide bonds. The minimum atomic E-state index is 0.618. The lowest BCUT2D eigenvalue weighted by Gasteiger charge is -2.62. The van der Waals surface area contributed by atoms with Crippen LogP contribution in [0.1, 0.15) is 38.5 Å². The molecule has 0 aromatic heterocycles. The number of hydrogen-bond acceptors (Lipinski definition) is 2. The molecular weight excluding hydrogens is 174 g/mol. The molecule has 3 aliphatic carbocycles. The fourth-order valence-electron chi connectivity index (χ4n) is 3.75. The molecule has 0 aromatic rings. The second-order valence-corrected chi connectivity index (χ2v) is 5.44. The second kappa shape index (κ2) is 2.96. The fourth-order valence-corrected chi connectivity index (χ4v) is 3.75. The van der Waals surface area contributed by atoms with Crippen LogP contribution in [0.5, 0.6) is 0 Å². The molecule has 0 unspecified atom stereocenters. The van der Waals surface area contributed by atoms with Crippen LogP contribution in [0, 0.1) is 10.8 Å². The average molecular weight is 195 g/mol. The molecule has 0 aliphatic heterocycles. The first-order valence-electron chi connectivity index (χ1n) is 6.09. The molecule has 14 heavy (non-hydrogen) atoms. The summed E-state index contributed by atoms with van der Waals surface area (Å²) in [6.45, 7) is 1.90. The zero-order valence-electron chi connectivity index (χ0n) is 9.14. The summed E-state index contributed by atoms with van der Waals surface area (Å²) in [6.07, 6.45) is 9.35. The fraction of sp³-hybridized carbons (Fsp3) is 1.00.